The molecule has 0 spiro atoms. The van der Waals surface area contributed by atoms with Gasteiger partial charge in [-0.1, -0.05) is 13.3 Å². The Morgan fingerprint density at radius 1 is 1.39 bits per heavy atom. The van der Waals surface area contributed by atoms with Crippen LogP contribution in [-0.4, -0.2) is 17.1 Å². The molecule has 0 saturated carbocycles. The van der Waals surface area contributed by atoms with Crippen LogP contribution in [0.5, 0.6) is 0 Å². The topological polar surface area (TPSA) is 39.2 Å². The molecule has 0 N–H and O–H groups in total. The Hall–Kier alpha value is -0.420. The molecule has 0 radical (unpaired) electrons. The van der Waals surface area contributed by atoms with Crippen LogP contribution >= 0.6 is 31.9 Å². The van der Waals surface area contributed by atoms with Gasteiger partial charge >= 0.3 is 5.97 Å². The summed E-state index contributed by atoms with van der Waals surface area (Å²) in [7, 11) is 0. The maximum absolute atomic E-state index is 11.7. The van der Waals surface area contributed by atoms with Gasteiger partial charge in [-0.2, -0.15) is 0 Å². The summed E-state index contributed by atoms with van der Waals surface area (Å²) in [5, 5.41) is 0. The monoisotopic (exact) mass is 377 g/mol. The molecule has 0 aliphatic carbocycles. The van der Waals surface area contributed by atoms with Gasteiger partial charge in [-0.25, -0.2) is 0 Å². The van der Waals surface area contributed by atoms with Crippen LogP contribution in [0, 0.1) is 0 Å². The first-order valence-electron chi connectivity index (χ1n) is 6.02. The molecule has 0 amide bonds. The Labute approximate surface area is 125 Å². The molecule has 1 aromatic rings. The lowest BCUT2D eigenvalue weighted by atomic mass is 10.1. The average Bonchev–Trinajstić information content (AvgIpc) is 2.28. The molecule has 1 rings (SSSR count). The van der Waals surface area contributed by atoms with Crippen LogP contribution in [-0.2, 0) is 16.0 Å². The number of ether oxygens (including phenoxy) is 1. The van der Waals surface area contributed by atoms with Crippen LogP contribution < -0.4 is 0 Å². The van der Waals surface area contributed by atoms with Crippen molar-refractivity contribution in [3.05, 3.63) is 26.9 Å². The fourth-order valence-electron chi connectivity index (χ4n) is 1.65. The van der Waals surface area contributed by atoms with Crippen molar-refractivity contribution in [1.29, 1.82) is 0 Å². The molecule has 18 heavy (non-hydrogen) atoms. The van der Waals surface area contributed by atoms with E-state index in [2.05, 4.69) is 43.8 Å². The first-order chi connectivity index (χ1) is 8.54. The van der Waals surface area contributed by atoms with Crippen molar-refractivity contribution < 1.29 is 9.53 Å². The number of nitrogens with zero attached hydrogens (tertiary/aromatic N) is 1. The molecule has 100 valence electrons. The Morgan fingerprint density at radius 2 is 2.00 bits per heavy atom. The first-order valence-corrected chi connectivity index (χ1v) is 7.60. The second-order valence-corrected chi connectivity index (χ2v) is 5.88. The average molecular weight is 379 g/mol. The van der Waals surface area contributed by atoms with Gasteiger partial charge in [-0.05, 0) is 57.2 Å². The minimum absolute atomic E-state index is 0.00632. The van der Waals surface area contributed by atoms with Gasteiger partial charge < -0.3 is 4.74 Å². The van der Waals surface area contributed by atoms with Crippen LogP contribution in [0.25, 0.3) is 0 Å². The quantitative estimate of drug-likeness (QED) is 0.694. The highest BCUT2D eigenvalue weighted by atomic mass is 79.9. The molecule has 0 bridgehead atoms. The highest BCUT2D eigenvalue weighted by molar-refractivity contribution is 9.11. The van der Waals surface area contributed by atoms with Crippen molar-refractivity contribution in [3.8, 4) is 0 Å². The van der Waals surface area contributed by atoms with E-state index in [9.17, 15) is 4.79 Å². The third kappa shape index (κ3) is 5.06. The second kappa shape index (κ2) is 7.89. The molecule has 5 heteroatoms. The Kier molecular flexibility index (Phi) is 6.86. The third-order valence-corrected chi connectivity index (χ3v) is 3.93. The summed E-state index contributed by atoms with van der Waals surface area (Å²) in [6.45, 7) is 4.01. The lowest BCUT2D eigenvalue weighted by molar-refractivity contribution is -0.148. The summed E-state index contributed by atoms with van der Waals surface area (Å²) in [5.74, 6) is -0.147. The molecule has 0 aliphatic rings. The molecule has 3 nitrogen and oxygen atoms in total. The third-order valence-electron chi connectivity index (χ3n) is 2.56. The molecule has 0 saturated heterocycles. The summed E-state index contributed by atoms with van der Waals surface area (Å²) >= 11 is 6.86. The van der Waals surface area contributed by atoms with Gasteiger partial charge in [0.2, 0.25) is 0 Å². The smallest absolute Gasteiger partial charge is 0.306 e. The van der Waals surface area contributed by atoms with Gasteiger partial charge in [0.25, 0.3) is 0 Å². The summed E-state index contributed by atoms with van der Waals surface area (Å²) in [6, 6.07) is 0. The molecule has 1 heterocycles. The predicted octanol–water partition coefficient (Wildman–Crippen LogP) is 4.27. The number of esters is 1. The first kappa shape index (κ1) is 15.6. The van der Waals surface area contributed by atoms with E-state index in [1.165, 1.54) is 0 Å². The lowest BCUT2D eigenvalue weighted by Crippen LogP contribution is -2.15. The zero-order chi connectivity index (χ0) is 13.5. The zero-order valence-corrected chi connectivity index (χ0v) is 13.8. The number of hydrogen-bond donors (Lipinski definition) is 0. The second-order valence-electron chi connectivity index (χ2n) is 4.17. The van der Waals surface area contributed by atoms with E-state index in [0.29, 0.717) is 12.8 Å². The number of carbonyl (C=O) groups is 1. The van der Waals surface area contributed by atoms with E-state index in [0.717, 1.165) is 27.4 Å². The maximum Gasteiger partial charge on any atom is 0.306 e. The minimum atomic E-state index is -0.147. The number of aromatic nitrogens is 1. The van der Waals surface area contributed by atoms with E-state index in [1.807, 2.05) is 6.92 Å². The van der Waals surface area contributed by atoms with Gasteiger partial charge in [-0.3, -0.25) is 9.78 Å². The fourth-order valence-corrected chi connectivity index (χ4v) is 2.98. The maximum atomic E-state index is 11.7. The predicted molar refractivity (Wildman–Crippen MR) is 78.4 cm³/mol. The van der Waals surface area contributed by atoms with E-state index in [4.69, 9.17) is 4.74 Å². The molecular formula is C13H17Br2NO2. The summed E-state index contributed by atoms with van der Waals surface area (Å²) in [4.78, 5) is 15.7. The molecule has 0 aromatic carbocycles. The summed E-state index contributed by atoms with van der Waals surface area (Å²) in [6.07, 6.45) is 6.42. The minimum Gasteiger partial charge on any atom is -0.463 e. The van der Waals surface area contributed by atoms with Crippen LogP contribution in [0.3, 0.4) is 0 Å². The zero-order valence-electron chi connectivity index (χ0n) is 10.6. The molecule has 1 atom stereocenters. The molecule has 1 aromatic heterocycles. The van der Waals surface area contributed by atoms with Crippen LogP contribution in [0.2, 0.25) is 0 Å². The number of hydrogen-bond acceptors (Lipinski definition) is 3. The molecule has 0 fully saturated rings. The van der Waals surface area contributed by atoms with Gasteiger partial charge in [0.05, 0.1) is 6.10 Å². The number of pyridine rings is 1. The van der Waals surface area contributed by atoms with Gasteiger partial charge in [0, 0.05) is 27.8 Å². The van der Waals surface area contributed by atoms with Crippen LogP contribution in [0.4, 0.5) is 0 Å². The molecule has 1 unspecified atom stereocenters. The molecular weight excluding hydrogens is 362 g/mol. The standard InChI is InChI=1S/C13H17Br2NO2/c1-3-4-9(2)18-13(17)6-5-10-11(14)7-16-8-12(10)15/h7-9H,3-6H2,1-2H3. The van der Waals surface area contributed by atoms with E-state index >= 15 is 0 Å². The van der Waals surface area contributed by atoms with E-state index in [-0.39, 0.29) is 12.1 Å². The Bertz CT molecular complexity index is 390. The van der Waals surface area contributed by atoms with Gasteiger partial charge in [0.15, 0.2) is 0 Å². The largest absolute Gasteiger partial charge is 0.463 e. The van der Waals surface area contributed by atoms with Crippen LogP contribution in [0.15, 0.2) is 21.3 Å². The van der Waals surface area contributed by atoms with Gasteiger partial charge in [-0.15, -0.1) is 0 Å². The Morgan fingerprint density at radius 3 is 2.56 bits per heavy atom. The number of carbonyl (C=O) groups excluding carboxylic acids is 1. The highest BCUT2D eigenvalue weighted by Gasteiger charge is 2.11. The fraction of sp³-hybridized carbons (Fsp3) is 0.538. The van der Waals surface area contributed by atoms with Gasteiger partial charge in [0.1, 0.15) is 0 Å². The normalized spacial score (nSPS) is 12.2. The summed E-state index contributed by atoms with van der Waals surface area (Å²) in [5.41, 5.74) is 1.05. The van der Waals surface area contributed by atoms with Crippen molar-refractivity contribution >= 4 is 37.8 Å². The number of halogens is 2. The van der Waals surface area contributed by atoms with Crippen molar-refractivity contribution in [2.75, 3.05) is 0 Å². The van der Waals surface area contributed by atoms with Crippen molar-refractivity contribution in [3.63, 3.8) is 0 Å². The summed E-state index contributed by atoms with van der Waals surface area (Å²) < 4.78 is 7.12. The van der Waals surface area contributed by atoms with Crippen LogP contribution in [0.1, 0.15) is 38.7 Å². The van der Waals surface area contributed by atoms with E-state index < -0.39 is 0 Å². The molecule has 0 aliphatic heterocycles. The highest BCUT2D eigenvalue weighted by Crippen LogP contribution is 2.25. The SMILES string of the molecule is CCCC(C)OC(=O)CCc1c(Br)cncc1Br. The van der Waals surface area contributed by atoms with Crippen molar-refractivity contribution in [1.82, 2.24) is 4.98 Å². The number of rotatable bonds is 6. The van der Waals surface area contributed by atoms with Crippen molar-refractivity contribution in [2.24, 2.45) is 0 Å². The lowest BCUT2D eigenvalue weighted by Gasteiger charge is -2.12. The van der Waals surface area contributed by atoms with Crippen molar-refractivity contribution in [2.45, 2.75) is 45.6 Å². The Balaban J connectivity index is 2.48. The van der Waals surface area contributed by atoms with E-state index in [1.54, 1.807) is 12.4 Å².